The van der Waals surface area contributed by atoms with Crippen molar-refractivity contribution in [1.29, 1.82) is 0 Å². The molecule has 1 unspecified atom stereocenters. The molecule has 0 bridgehead atoms. The first-order valence-electron chi connectivity index (χ1n) is 9.29. The van der Waals surface area contributed by atoms with E-state index in [1.165, 1.54) is 21.3 Å². The van der Waals surface area contributed by atoms with E-state index in [4.69, 9.17) is 32.7 Å². The van der Waals surface area contributed by atoms with Gasteiger partial charge < -0.3 is 37.8 Å². The van der Waals surface area contributed by atoms with E-state index in [-0.39, 0.29) is 13.2 Å². The molecule has 3 rings (SSSR count). The zero-order chi connectivity index (χ0) is 21.3. The summed E-state index contributed by atoms with van der Waals surface area (Å²) in [6, 6.07) is 9.40. The number of methoxy groups -OCH3 is 1. The molecule has 164 valence electrons. The first kappa shape index (κ1) is 22.8. The quantitative estimate of drug-likeness (QED) is 0.589. The molecule has 2 aliphatic heterocycles. The van der Waals surface area contributed by atoms with Gasteiger partial charge in [0.2, 0.25) is 5.34 Å². The number of benzene rings is 1. The minimum absolute atomic E-state index is 0.188. The highest BCUT2D eigenvalue weighted by atomic mass is 31.2. The topological polar surface area (TPSA) is 102 Å². The summed E-state index contributed by atoms with van der Waals surface area (Å²) in [7, 11) is -0.239. The summed E-state index contributed by atoms with van der Waals surface area (Å²) in [4.78, 5) is 0. The van der Waals surface area contributed by atoms with Crippen molar-refractivity contribution in [3.05, 3.63) is 35.9 Å². The zero-order valence-electron chi connectivity index (χ0n) is 17.3. The molecule has 0 radical (unpaired) electrons. The molecular weight excluding hydrogens is 403 g/mol. The third kappa shape index (κ3) is 4.30. The maximum atomic E-state index is 13.4. The summed E-state index contributed by atoms with van der Waals surface area (Å²) in [6.07, 6.45) is -3.35. The molecule has 2 fully saturated rings. The lowest BCUT2D eigenvalue weighted by molar-refractivity contribution is -0.246. The molecule has 0 saturated carbocycles. The second-order valence-corrected chi connectivity index (χ2v) is 9.94. The van der Waals surface area contributed by atoms with Crippen LogP contribution in [-0.4, -0.2) is 68.8 Å². The van der Waals surface area contributed by atoms with Crippen molar-refractivity contribution in [2.45, 2.75) is 56.2 Å². The highest BCUT2D eigenvalue weighted by Gasteiger charge is 2.67. The number of rotatable bonds is 9. The van der Waals surface area contributed by atoms with Crippen LogP contribution in [0.1, 0.15) is 19.4 Å². The predicted octanol–water partition coefficient (Wildman–Crippen LogP) is 2.27. The molecule has 0 aromatic heterocycles. The minimum atomic E-state index is -4.09. The van der Waals surface area contributed by atoms with E-state index in [0.29, 0.717) is 0 Å². The van der Waals surface area contributed by atoms with Crippen LogP contribution in [0.2, 0.25) is 0 Å². The van der Waals surface area contributed by atoms with Crippen LogP contribution in [0, 0.1) is 0 Å². The second kappa shape index (κ2) is 8.70. The van der Waals surface area contributed by atoms with Gasteiger partial charge in [-0.25, -0.2) is 0 Å². The lowest BCUT2D eigenvalue weighted by atomic mass is 10.1. The number of hydrogen-bond donors (Lipinski definition) is 1. The average Bonchev–Trinajstić information content (AvgIpc) is 3.20. The maximum Gasteiger partial charge on any atom is 0.366 e. The van der Waals surface area contributed by atoms with E-state index < -0.39 is 43.3 Å². The van der Waals surface area contributed by atoms with Crippen LogP contribution in [0.5, 0.6) is 0 Å². The summed E-state index contributed by atoms with van der Waals surface area (Å²) < 4.78 is 52.3. The van der Waals surface area contributed by atoms with E-state index >= 15 is 0 Å². The third-order valence-electron chi connectivity index (χ3n) is 5.08. The Morgan fingerprint density at radius 1 is 1.10 bits per heavy atom. The summed E-state index contributed by atoms with van der Waals surface area (Å²) in [5.74, 6) is -0.927. The third-order valence-corrected chi connectivity index (χ3v) is 7.37. The van der Waals surface area contributed by atoms with Crippen molar-refractivity contribution < 1.29 is 42.4 Å². The monoisotopic (exact) mass is 432 g/mol. The Hall–Kier alpha value is -0.870. The normalized spacial score (nSPS) is 30.8. The fourth-order valence-corrected chi connectivity index (χ4v) is 5.27. The predicted molar refractivity (Wildman–Crippen MR) is 102 cm³/mol. The zero-order valence-corrected chi connectivity index (χ0v) is 18.2. The molecule has 5 atom stereocenters. The van der Waals surface area contributed by atoms with Gasteiger partial charge in [-0.3, -0.25) is 4.57 Å². The van der Waals surface area contributed by atoms with Gasteiger partial charge in [-0.1, -0.05) is 30.3 Å². The molecule has 29 heavy (non-hydrogen) atoms. The van der Waals surface area contributed by atoms with Crippen LogP contribution in [0.25, 0.3) is 0 Å². The van der Waals surface area contributed by atoms with Crippen molar-refractivity contribution in [2.75, 3.05) is 27.9 Å². The number of fused-ring (bicyclic) bond motifs is 1. The Kier molecular flexibility index (Phi) is 6.85. The Bertz CT molecular complexity index is 720. The van der Waals surface area contributed by atoms with Gasteiger partial charge >= 0.3 is 7.60 Å². The standard InChI is InChI=1S/C19H29O9P/c1-18(2)27-14-15(28-18)17(22-3)26-16(14)19(20,29(21,23-4)24-5)12-25-11-13-9-7-6-8-10-13/h6-10,14-17,20H,11-12H2,1-5H3/t14-,15+,16+,17+,19?/m1/s1. The summed E-state index contributed by atoms with van der Waals surface area (Å²) >= 11 is 0. The van der Waals surface area contributed by atoms with Crippen LogP contribution >= 0.6 is 7.60 Å². The molecule has 10 heteroatoms. The van der Waals surface area contributed by atoms with E-state index in [2.05, 4.69) is 0 Å². The second-order valence-electron chi connectivity index (χ2n) is 7.45. The van der Waals surface area contributed by atoms with E-state index in [9.17, 15) is 9.67 Å². The van der Waals surface area contributed by atoms with Crippen LogP contribution in [0.4, 0.5) is 0 Å². The van der Waals surface area contributed by atoms with E-state index in [1.807, 2.05) is 30.3 Å². The minimum Gasteiger partial charge on any atom is -0.374 e. The van der Waals surface area contributed by atoms with Crippen LogP contribution in [0.15, 0.2) is 30.3 Å². The Labute approximate surface area is 170 Å². The summed E-state index contributed by atoms with van der Waals surface area (Å²) in [5.41, 5.74) is 0.890. The summed E-state index contributed by atoms with van der Waals surface area (Å²) in [5, 5.41) is 9.42. The molecule has 2 heterocycles. The van der Waals surface area contributed by atoms with Gasteiger partial charge in [0.05, 0.1) is 13.2 Å². The van der Waals surface area contributed by atoms with Gasteiger partial charge in [-0.2, -0.15) is 0 Å². The van der Waals surface area contributed by atoms with Gasteiger partial charge in [0.25, 0.3) is 0 Å². The van der Waals surface area contributed by atoms with Gasteiger partial charge in [-0.05, 0) is 19.4 Å². The van der Waals surface area contributed by atoms with E-state index in [1.54, 1.807) is 13.8 Å². The largest absolute Gasteiger partial charge is 0.374 e. The molecule has 0 amide bonds. The van der Waals surface area contributed by atoms with Crippen molar-refractivity contribution in [3.8, 4) is 0 Å². The molecule has 9 nitrogen and oxygen atoms in total. The summed E-state index contributed by atoms with van der Waals surface area (Å²) in [6.45, 7) is 3.29. The molecule has 1 aromatic carbocycles. The molecular formula is C19H29O9P. The van der Waals surface area contributed by atoms with Gasteiger partial charge in [0, 0.05) is 21.3 Å². The van der Waals surface area contributed by atoms with Crippen molar-refractivity contribution in [3.63, 3.8) is 0 Å². The first-order valence-corrected chi connectivity index (χ1v) is 10.8. The average molecular weight is 432 g/mol. The molecule has 0 aliphatic carbocycles. The van der Waals surface area contributed by atoms with E-state index in [0.717, 1.165) is 5.56 Å². The molecule has 0 spiro atoms. The Morgan fingerprint density at radius 3 is 2.31 bits per heavy atom. The Balaban J connectivity index is 1.87. The highest BCUT2D eigenvalue weighted by molar-refractivity contribution is 7.55. The van der Waals surface area contributed by atoms with Crippen molar-refractivity contribution in [2.24, 2.45) is 0 Å². The fraction of sp³-hybridized carbons (Fsp3) is 0.684. The fourth-order valence-electron chi connectivity index (χ4n) is 3.72. The smallest absolute Gasteiger partial charge is 0.366 e. The van der Waals surface area contributed by atoms with Gasteiger partial charge in [0.1, 0.15) is 18.3 Å². The van der Waals surface area contributed by atoms with Crippen LogP contribution < -0.4 is 0 Å². The van der Waals surface area contributed by atoms with Gasteiger partial charge in [0.15, 0.2) is 12.1 Å². The molecule has 1 aromatic rings. The molecule has 2 aliphatic rings. The van der Waals surface area contributed by atoms with Crippen LogP contribution in [0.3, 0.4) is 0 Å². The number of aliphatic hydroxyl groups is 1. The lowest BCUT2D eigenvalue weighted by Crippen LogP contribution is -2.52. The van der Waals surface area contributed by atoms with Gasteiger partial charge in [-0.15, -0.1) is 0 Å². The maximum absolute atomic E-state index is 13.4. The highest BCUT2D eigenvalue weighted by Crippen LogP contribution is 2.62. The molecule has 2 saturated heterocycles. The first-order chi connectivity index (χ1) is 13.7. The number of hydrogen-bond acceptors (Lipinski definition) is 9. The molecule has 1 N–H and O–H groups in total. The van der Waals surface area contributed by atoms with Crippen molar-refractivity contribution in [1.82, 2.24) is 0 Å². The Morgan fingerprint density at radius 2 is 1.72 bits per heavy atom. The van der Waals surface area contributed by atoms with Crippen LogP contribution in [-0.2, 0) is 43.9 Å². The SMILES string of the molecule is CO[C@H]1O[C@H](C(O)(COCc2ccccc2)P(=O)(OC)OC)[C@@H]2OC(C)(C)O[C@H]12. The number of ether oxygens (including phenoxy) is 5. The van der Waals surface area contributed by atoms with Crippen molar-refractivity contribution >= 4 is 7.60 Å². The lowest BCUT2D eigenvalue weighted by Gasteiger charge is -2.38.